The highest BCUT2D eigenvalue weighted by atomic mass is 79.9. The largest absolute Gasteiger partial charge is 0.456 e. The van der Waals surface area contributed by atoms with E-state index in [2.05, 4.69) is 29.4 Å². The van der Waals surface area contributed by atoms with Crippen LogP contribution in [0.15, 0.2) is 51.8 Å². The van der Waals surface area contributed by atoms with Gasteiger partial charge in [-0.05, 0) is 25.1 Å². The van der Waals surface area contributed by atoms with Crippen molar-refractivity contribution in [3.05, 3.63) is 52.5 Å². The van der Waals surface area contributed by atoms with E-state index in [9.17, 15) is 18.0 Å². The van der Waals surface area contributed by atoms with E-state index in [0.29, 0.717) is 15.6 Å². The number of aromatic nitrogens is 2. The lowest BCUT2D eigenvalue weighted by molar-refractivity contribution is -0.144. The number of Topliss-reactive ketones (excluding diaryl/α,β-unsaturated/α-hetero) is 1. The molecule has 1 atom stereocenters. The second-order valence-electron chi connectivity index (χ2n) is 5.74. The third kappa shape index (κ3) is 4.43. The summed E-state index contributed by atoms with van der Waals surface area (Å²) >= 11 is 4.15. The van der Waals surface area contributed by atoms with Crippen LogP contribution in [0.1, 0.15) is 17.3 Å². The highest BCUT2D eigenvalue weighted by Crippen LogP contribution is 2.21. The maximum Gasteiger partial charge on any atom is 0.324 e. The Morgan fingerprint density at radius 3 is 2.68 bits per heavy atom. The van der Waals surface area contributed by atoms with Gasteiger partial charge >= 0.3 is 5.97 Å². The van der Waals surface area contributed by atoms with E-state index >= 15 is 0 Å². The molecule has 146 valence electrons. The number of carbonyl (C=O) groups is 2. The highest BCUT2D eigenvalue weighted by Gasteiger charge is 2.26. The van der Waals surface area contributed by atoms with Gasteiger partial charge in [0, 0.05) is 10.0 Å². The van der Waals surface area contributed by atoms with Gasteiger partial charge in [0.1, 0.15) is 22.0 Å². The van der Waals surface area contributed by atoms with Crippen molar-refractivity contribution in [2.45, 2.75) is 17.9 Å². The molecule has 0 amide bonds. The number of halogens is 1. The van der Waals surface area contributed by atoms with Crippen LogP contribution >= 0.6 is 27.7 Å². The number of ether oxygens (including phenoxy) is 1. The summed E-state index contributed by atoms with van der Waals surface area (Å²) in [6.45, 7) is 0.835. The lowest BCUT2D eigenvalue weighted by Gasteiger charge is -2.14. The summed E-state index contributed by atoms with van der Waals surface area (Å²) in [5, 5.41) is 0. The number of carbonyl (C=O) groups excluding carboxylic acids is 2. The van der Waals surface area contributed by atoms with Crippen molar-refractivity contribution in [1.29, 1.82) is 0 Å². The van der Waals surface area contributed by atoms with Crippen molar-refractivity contribution < 1.29 is 22.7 Å². The Morgan fingerprint density at radius 2 is 1.93 bits per heavy atom. The first kappa shape index (κ1) is 20.5. The summed E-state index contributed by atoms with van der Waals surface area (Å²) in [4.78, 5) is 24.2. The van der Waals surface area contributed by atoms with Gasteiger partial charge < -0.3 is 4.74 Å². The fraction of sp³-hybridized carbons (Fsp3) is 0.176. The average molecular weight is 484 g/mol. The zero-order valence-electron chi connectivity index (χ0n) is 14.5. The van der Waals surface area contributed by atoms with Gasteiger partial charge in [0.15, 0.2) is 6.61 Å². The molecule has 0 saturated heterocycles. The van der Waals surface area contributed by atoms with Crippen LogP contribution in [0.5, 0.6) is 0 Å². The molecule has 28 heavy (non-hydrogen) atoms. The summed E-state index contributed by atoms with van der Waals surface area (Å²) < 4.78 is 41.0. The first-order valence-corrected chi connectivity index (χ1v) is 11.0. The predicted molar refractivity (Wildman–Crippen MR) is 107 cm³/mol. The van der Waals surface area contributed by atoms with Gasteiger partial charge in [-0.1, -0.05) is 40.2 Å². The fourth-order valence-corrected chi connectivity index (χ4v) is 4.83. The predicted octanol–water partition coefficient (Wildman–Crippen LogP) is 2.55. The zero-order chi connectivity index (χ0) is 20.3. The number of esters is 1. The van der Waals surface area contributed by atoms with Gasteiger partial charge in [-0.2, -0.15) is 13.5 Å². The standard InChI is InChI=1S/C17H14BrN3O5S2/c1-10(17(23)26-9-14(22)11-5-2-3-6-12(11)18)21-28(24,25)15-8-4-7-13-16(15)20-27-19-13/h2-8,10,21H,9H2,1H3/t10-/m1/s1. The monoisotopic (exact) mass is 483 g/mol. The smallest absolute Gasteiger partial charge is 0.324 e. The summed E-state index contributed by atoms with van der Waals surface area (Å²) in [6.07, 6.45) is 0. The molecule has 3 aromatic rings. The molecule has 0 unspecified atom stereocenters. The molecule has 3 rings (SSSR count). The first-order chi connectivity index (χ1) is 13.3. The average Bonchev–Trinajstić information content (AvgIpc) is 3.14. The maximum absolute atomic E-state index is 12.6. The van der Waals surface area contributed by atoms with Gasteiger partial charge in [-0.3, -0.25) is 9.59 Å². The van der Waals surface area contributed by atoms with Crippen LogP contribution in [-0.2, 0) is 19.6 Å². The Hall–Kier alpha value is -2.21. The molecule has 0 fully saturated rings. The molecule has 0 aliphatic carbocycles. The Labute approximate surface area is 173 Å². The van der Waals surface area contributed by atoms with Crippen molar-refractivity contribution in [3.8, 4) is 0 Å². The van der Waals surface area contributed by atoms with Crippen molar-refractivity contribution in [1.82, 2.24) is 13.5 Å². The van der Waals surface area contributed by atoms with Gasteiger partial charge in [0.25, 0.3) is 0 Å². The molecule has 0 radical (unpaired) electrons. The van der Waals surface area contributed by atoms with E-state index in [1.54, 1.807) is 30.3 Å². The minimum atomic E-state index is -4.04. The van der Waals surface area contributed by atoms with Crippen molar-refractivity contribution in [2.24, 2.45) is 0 Å². The molecule has 0 aliphatic rings. The van der Waals surface area contributed by atoms with E-state index in [1.807, 2.05) is 0 Å². The van der Waals surface area contributed by atoms with Crippen LogP contribution in [0, 0.1) is 0 Å². The van der Waals surface area contributed by atoms with Gasteiger partial charge in [-0.25, -0.2) is 8.42 Å². The number of benzene rings is 2. The number of rotatable bonds is 7. The minimum absolute atomic E-state index is 0.0808. The second kappa shape index (κ2) is 8.43. The fourth-order valence-electron chi connectivity index (χ4n) is 2.37. The molecular formula is C17H14BrN3O5S2. The molecular weight excluding hydrogens is 470 g/mol. The van der Waals surface area contributed by atoms with Crippen molar-refractivity contribution >= 4 is 60.5 Å². The second-order valence-corrected chi connectivity index (χ2v) is 8.81. The van der Waals surface area contributed by atoms with E-state index in [1.165, 1.54) is 19.1 Å². The van der Waals surface area contributed by atoms with Gasteiger partial charge in [-0.15, -0.1) is 0 Å². The Morgan fingerprint density at radius 1 is 1.18 bits per heavy atom. The molecule has 0 aliphatic heterocycles. The molecule has 1 N–H and O–H groups in total. The Balaban J connectivity index is 1.66. The number of nitrogens with zero attached hydrogens (tertiary/aromatic N) is 2. The Kier molecular flexibility index (Phi) is 6.18. The normalized spacial score (nSPS) is 12.6. The number of nitrogens with one attached hydrogen (secondary N) is 1. The summed E-state index contributed by atoms with van der Waals surface area (Å²) in [5.41, 5.74) is 1.04. The van der Waals surface area contributed by atoms with Crippen LogP contribution in [0.25, 0.3) is 11.0 Å². The molecule has 1 aromatic heterocycles. The molecule has 8 nitrogen and oxygen atoms in total. The third-order valence-electron chi connectivity index (χ3n) is 3.74. The summed E-state index contributed by atoms with van der Waals surface area (Å²) in [6, 6.07) is 10.1. The van der Waals surface area contributed by atoms with Crippen LogP contribution < -0.4 is 4.72 Å². The van der Waals surface area contributed by atoms with Crippen molar-refractivity contribution in [2.75, 3.05) is 6.61 Å². The summed E-state index contributed by atoms with van der Waals surface area (Å²) in [5.74, 6) is -1.28. The van der Waals surface area contributed by atoms with E-state index in [-0.39, 0.29) is 10.4 Å². The van der Waals surface area contributed by atoms with Gasteiger partial charge in [0.2, 0.25) is 15.8 Å². The van der Waals surface area contributed by atoms with E-state index in [0.717, 1.165) is 11.7 Å². The Bertz CT molecular complexity index is 1150. The lowest BCUT2D eigenvalue weighted by Crippen LogP contribution is -2.40. The summed E-state index contributed by atoms with van der Waals surface area (Å²) in [7, 11) is -4.04. The van der Waals surface area contributed by atoms with Crippen LogP contribution in [0.3, 0.4) is 0 Å². The number of hydrogen-bond donors (Lipinski definition) is 1. The van der Waals surface area contributed by atoms with Crippen LogP contribution in [0.2, 0.25) is 0 Å². The highest BCUT2D eigenvalue weighted by molar-refractivity contribution is 9.10. The maximum atomic E-state index is 12.6. The van der Waals surface area contributed by atoms with Crippen molar-refractivity contribution in [3.63, 3.8) is 0 Å². The number of sulfonamides is 1. The quantitative estimate of drug-likeness (QED) is 0.405. The first-order valence-electron chi connectivity index (χ1n) is 7.97. The van der Waals surface area contributed by atoms with Crippen LogP contribution in [0.4, 0.5) is 0 Å². The van der Waals surface area contributed by atoms with E-state index < -0.39 is 34.4 Å². The van der Waals surface area contributed by atoms with E-state index in [4.69, 9.17) is 4.74 Å². The molecule has 0 saturated carbocycles. The number of ketones is 1. The molecule has 1 heterocycles. The zero-order valence-corrected chi connectivity index (χ0v) is 17.7. The number of hydrogen-bond acceptors (Lipinski definition) is 8. The third-order valence-corrected chi connectivity index (χ3v) is 6.55. The number of fused-ring (bicyclic) bond motifs is 1. The lowest BCUT2D eigenvalue weighted by atomic mass is 10.1. The molecule has 0 bridgehead atoms. The molecule has 11 heteroatoms. The molecule has 2 aromatic carbocycles. The SMILES string of the molecule is C[C@@H](NS(=O)(=O)c1cccc2nsnc12)C(=O)OCC(=O)c1ccccc1Br. The van der Waals surface area contributed by atoms with Crippen LogP contribution in [-0.4, -0.2) is 41.6 Å². The molecule has 0 spiro atoms. The minimum Gasteiger partial charge on any atom is -0.456 e. The van der Waals surface area contributed by atoms with Gasteiger partial charge in [0.05, 0.1) is 11.7 Å². The topological polar surface area (TPSA) is 115 Å².